The molecule has 0 bridgehead atoms. The highest BCUT2D eigenvalue weighted by Crippen LogP contribution is 2.33. The normalized spacial score (nSPS) is 16.2. The van der Waals surface area contributed by atoms with E-state index in [9.17, 15) is 21.6 Å². The molecule has 0 spiro atoms. The van der Waals surface area contributed by atoms with Gasteiger partial charge in [-0.2, -0.15) is 13.2 Å². The fourth-order valence-electron chi connectivity index (χ4n) is 3.33. The third-order valence-corrected chi connectivity index (χ3v) is 6.58. The van der Waals surface area contributed by atoms with Crippen LogP contribution in [0.3, 0.4) is 0 Å². The first-order chi connectivity index (χ1) is 15.1. The molecule has 1 aliphatic heterocycles. The van der Waals surface area contributed by atoms with Crippen molar-refractivity contribution in [1.82, 2.24) is 9.71 Å². The monoisotopic (exact) mass is 480 g/mol. The molecule has 0 radical (unpaired) electrons. The van der Waals surface area contributed by atoms with Crippen LogP contribution in [0.15, 0.2) is 70.8 Å². The standard InChI is InChI=1S/C21H16ClF3N4O2S/c22-17-6-2-1-4-13(17)10-14-5-3-7-18-19(14)28-20(29-32(18,30)31)27-12-15-11-26-9-8-16(15)21(23,24)25/h1-9,11H,10,12H2,(H2,27,28,29). The number of sulfonamides is 1. The van der Waals surface area contributed by atoms with Crippen LogP contribution in [0.25, 0.3) is 0 Å². The van der Waals surface area contributed by atoms with Crippen LogP contribution in [0.5, 0.6) is 0 Å². The van der Waals surface area contributed by atoms with E-state index in [0.29, 0.717) is 22.7 Å². The minimum atomic E-state index is -4.58. The third-order valence-electron chi connectivity index (χ3n) is 4.83. The minimum absolute atomic E-state index is 0.0124. The lowest BCUT2D eigenvalue weighted by Crippen LogP contribution is -2.41. The molecule has 2 N–H and O–H groups in total. The van der Waals surface area contributed by atoms with Gasteiger partial charge in [-0.3, -0.25) is 4.98 Å². The number of rotatable bonds is 4. The molecule has 166 valence electrons. The van der Waals surface area contributed by atoms with Gasteiger partial charge in [-0.05, 0) is 29.3 Å². The van der Waals surface area contributed by atoms with Crippen LogP contribution in [-0.4, -0.2) is 19.4 Å². The van der Waals surface area contributed by atoms with Crippen molar-refractivity contribution in [2.24, 2.45) is 4.99 Å². The molecule has 3 aromatic rings. The van der Waals surface area contributed by atoms with E-state index in [1.807, 2.05) is 12.1 Å². The number of anilines is 1. The zero-order chi connectivity index (χ0) is 22.9. The summed E-state index contributed by atoms with van der Waals surface area (Å²) in [6.45, 7) is -0.421. The zero-order valence-corrected chi connectivity index (χ0v) is 17.9. The van der Waals surface area contributed by atoms with Gasteiger partial charge in [0.25, 0.3) is 10.0 Å². The van der Waals surface area contributed by atoms with Gasteiger partial charge in [-0.15, -0.1) is 0 Å². The second-order valence-corrected chi connectivity index (χ2v) is 9.04. The highest BCUT2D eigenvalue weighted by molar-refractivity contribution is 7.90. The number of aromatic nitrogens is 1. The number of alkyl halides is 3. The van der Waals surface area contributed by atoms with Gasteiger partial charge in [0.1, 0.15) is 4.90 Å². The van der Waals surface area contributed by atoms with Gasteiger partial charge in [-0.1, -0.05) is 41.9 Å². The van der Waals surface area contributed by atoms with E-state index in [-0.39, 0.29) is 16.4 Å². The van der Waals surface area contributed by atoms with E-state index in [0.717, 1.165) is 24.0 Å². The molecule has 0 aliphatic carbocycles. The molecule has 0 saturated carbocycles. The van der Waals surface area contributed by atoms with Crippen molar-refractivity contribution in [3.8, 4) is 0 Å². The lowest BCUT2D eigenvalue weighted by atomic mass is 10.0. The number of fused-ring (bicyclic) bond motifs is 1. The summed E-state index contributed by atoms with van der Waals surface area (Å²) in [6.07, 6.45) is -2.13. The van der Waals surface area contributed by atoms with E-state index in [4.69, 9.17) is 11.6 Å². The van der Waals surface area contributed by atoms with Crippen LogP contribution < -0.4 is 10.0 Å². The smallest absolute Gasteiger partial charge is 0.324 e. The van der Waals surface area contributed by atoms with Crippen molar-refractivity contribution < 1.29 is 21.6 Å². The number of guanidine groups is 1. The van der Waals surface area contributed by atoms with Gasteiger partial charge < -0.3 is 5.32 Å². The Kier molecular flexibility index (Phi) is 5.83. The Hall–Kier alpha value is -3.11. The maximum Gasteiger partial charge on any atom is 0.416 e. The van der Waals surface area contributed by atoms with Crippen LogP contribution in [-0.2, 0) is 29.2 Å². The molecular weight excluding hydrogens is 465 g/mol. The third kappa shape index (κ3) is 4.56. The average molecular weight is 481 g/mol. The molecule has 6 nitrogen and oxygen atoms in total. The lowest BCUT2D eigenvalue weighted by molar-refractivity contribution is -0.138. The number of nitrogens with one attached hydrogen (secondary N) is 2. The fraction of sp³-hybridized carbons (Fsp3) is 0.143. The van der Waals surface area contributed by atoms with Crippen molar-refractivity contribution in [2.75, 3.05) is 5.32 Å². The number of hydrogen-bond acceptors (Lipinski definition) is 4. The molecule has 2 aromatic carbocycles. The molecule has 0 saturated heterocycles. The summed E-state index contributed by atoms with van der Waals surface area (Å²) in [5.41, 5.74) is 0.681. The Morgan fingerprint density at radius 3 is 2.50 bits per heavy atom. The Labute approximate surface area is 187 Å². The van der Waals surface area contributed by atoms with Crippen LogP contribution in [0.4, 0.5) is 18.9 Å². The molecule has 1 aliphatic rings. The molecule has 0 atom stereocenters. The quantitative estimate of drug-likeness (QED) is 0.571. The summed E-state index contributed by atoms with van der Waals surface area (Å²) in [7, 11) is -3.97. The molecular formula is C21H16ClF3N4O2S. The maximum absolute atomic E-state index is 13.2. The van der Waals surface area contributed by atoms with Gasteiger partial charge in [-0.25, -0.2) is 18.1 Å². The van der Waals surface area contributed by atoms with Gasteiger partial charge in [0.2, 0.25) is 5.96 Å². The van der Waals surface area contributed by atoms with Crippen molar-refractivity contribution in [3.63, 3.8) is 0 Å². The summed E-state index contributed by atoms with van der Waals surface area (Å²) in [4.78, 5) is 7.76. The number of para-hydroxylation sites is 1. The SMILES string of the molecule is O=S1(=O)NC(=NCc2cnccc2C(F)(F)F)Nc2c(Cc3ccccc3Cl)cccc21. The summed E-state index contributed by atoms with van der Waals surface area (Å²) in [5.74, 6) is -0.180. The highest BCUT2D eigenvalue weighted by atomic mass is 35.5. The number of hydrogen-bond donors (Lipinski definition) is 2. The van der Waals surface area contributed by atoms with Crippen molar-refractivity contribution >= 4 is 33.3 Å². The summed E-state index contributed by atoms with van der Waals surface area (Å²) < 4.78 is 67.4. The molecule has 0 unspecified atom stereocenters. The Morgan fingerprint density at radius 1 is 1.00 bits per heavy atom. The van der Waals surface area contributed by atoms with Crippen molar-refractivity contribution in [1.29, 1.82) is 0 Å². The zero-order valence-electron chi connectivity index (χ0n) is 16.3. The first-order valence-corrected chi connectivity index (χ1v) is 11.2. The lowest BCUT2D eigenvalue weighted by Gasteiger charge is -2.24. The number of aliphatic imine (C=N–C) groups is 1. The van der Waals surface area contributed by atoms with Crippen LogP contribution in [0.1, 0.15) is 22.3 Å². The molecule has 11 heteroatoms. The first-order valence-electron chi connectivity index (χ1n) is 9.35. The van der Waals surface area contributed by atoms with E-state index < -0.39 is 28.3 Å². The van der Waals surface area contributed by atoms with Gasteiger partial charge in [0.15, 0.2) is 0 Å². The van der Waals surface area contributed by atoms with Crippen molar-refractivity contribution in [2.45, 2.75) is 24.0 Å². The second-order valence-electron chi connectivity index (χ2n) is 6.98. The average Bonchev–Trinajstić information content (AvgIpc) is 2.73. The van der Waals surface area contributed by atoms with E-state index in [1.165, 1.54) is 6.07 Å². The van der Waals surface area contributed by atoms with Gasteiger partial charge >= 0.3 is 6.18 Å². The minimum Gasteiger partial charge on any atom is -0.324 e. The van der Waals surface area contributed by atoms with Gasteiger partial charge in [0, 0.05) is 29.4 Å². The molecule has 0 amide bonds. The second kappa shape index (κ2) is 8.44. The molecule has 4 rings (SSSR count). The predicted molar refractivity (Wildman–Crippen MR) is 115 cm³/mol. The number of nitrogens with zero attached hydrogens (tertiary/aromatic N) is 2. The van der Waals surface area contributed by atoms with E-state index >= 15 is 0 Å². The van der Waals surface area contributed by atoms with E-state index in [1.54, 1.807) is 24.3 Å². The summed E-state index contributed by atoms with van der Waals surface area (Å²) in [5, 5.41) is 3.44. The van der Waals surface area contributed by atoms with Crippen molar-refractivity contribution in [3.05, 3.63) is 88.2 Å². The van der Waals surface area contributed by atoms with Crippen LogP contribution in [0, 0.1) is 0 Å². The van der Waals surface area contributed by atoms with Crippen LogP contribution >= 0.6 is 11.6 Å². The predicted octanol–water partition coefficient (Wildman–Crippen LogP) is 4.60. The highest BCUT2D eigenvalue weighted by Gasteiger charge is 2.33. The number of benzene rings is 2. The molecule has 32 heavy (non-hydrogen) atoms. The van der Waals surface area contributed by atoms with E-state index in [2.05, 4.69) is 20.0 Å². The molecule has 0 fully saturated rings. The topological polar surface area (TPSA) is 83.5 Å². The maximum atomic E-state index is 13.2. The molecule has 1 aromatic heterocycles. The number of halogens is 4. The summed E-state index contributed by atoms with van der Waals surface area (Å²) in [6, 6.07) is 12.8. The Balaban J connectivity index is 1.68. The van der Waals surface area contributed by atoms with Crippen LogP contribution in [0.2, 0.25) is 5.02 Å². The summed E-state index contributed by atoms with van der Waals surface area (Å²) >= 11 is 6.24. The Morgan fingerprint density at radius 2 is 1.75 bits per heavy atom. The van der Waals surface area contributed by atoms with Gasteiger partial charge in [0.05, 0.1) is 17.8 Å². The fourth-order valence-corrected chi connectivity index (χ4v) is 4.72. The molecule has 2 heterocycles. The number of pyridine rings is 1. The first kappa shape index (κ1) is 22.1. The largest absolute Gasteiger partial charge is 0.416 e. The Bertz CT molecular complexity index is 1310.